The van der Waals surface area contributed by atoms with Crippen molar-refractivity contribution in [3.8, 4) is 0 Å². The third kappa shape index (κ3) is 6.11. The predicted octanol–water partition coefficient (Wildman–Crippen LogP) is 4.21. The third-order valence-corrected chi connectivity index (χ3v) is 5.70. The average Bonchev–Trinajstić information content (AvgIpc) is 3.30. The van der Waals surface area contributed by atoms with E-state index >= 15 is 0 Å². The first-order chi connectivity index (χ1) is 17.6. The number of anilines is 1. The van der Waals surface area contributed by atoms with Crippen LogP contribution in [0.2, 0.25) is 0 Å². The van der Waals surface area contributed by atoms with E-state index in [1.54, 1.807) is 4.90 Å². The molecule has 36 heavy (non-hydrogen) atoms. The highest BCUT2D eigenvalue weighted by Gasteiger charge is 2.31. The van der Waals surface area contributed by atoms with E-state index in [1.807, 2.05) is 61.5 Å². The van der Waals surface area contributed by atoms with Gasteiger partial charge in [0.15, 0.2) is 0 Å². The Morgan fingerprint density at radius 1 is 1.03 bits per heavy atom. The first-order valence-corrected chi connectivity index (χ1v) is 11.8. The van der Waals surface area contributed by atoms with Crippen LogP contribution in [0.15, 0.2) is 78.9 Å². The van der Waals surface area contributed by atoms with Crippen LogP contribution in [0.25, 0.3) is 11.0 Å². The molecule has 0 aliphatic heterocycles. The van der Waals surface area contributed by atoms with Crippen molar-refractivity contribution in [1.82, 2.24) is 19.9 Å². The van der Waals surface area contributed by atoms with Crippen molar-refractivity contribution in [3.05, 3.63) is 90.2 Å². The molecule has 0 saturated carbocycles. The number of aromatic nitrogens is 3. The molecule has 1 atom stereocenters. The molecule has 4 rings (SSSR count). The van der Waals surface area contributed by atoms with Gasteiger partial charge in [0, 0.05) is 25.4 Å². The zero-order valence-corrected chi connectivity index (χ0v) is 20.0. The van der Waals surface area contributed by atoms with Gasteiger partial charge in [0.2, 0.25) is 5.91 Å². The second kappa shape index (κ2) is 12.0. The highest BCUT2D eigenvalue weighted by molar-refractivity contribution is 5.98. The van der Waals surface area contributed by atoms with E-state index in [2.05, 4.69) is 15.6 Å². The maximum Gasteiger partial charge on any atom is 0.251 e. The van der Waals surface area contributed by atoms with E-state index in [4.69, 9.17) is 4.74 Å². The van der Waals surface area contributed by atoms with Crippen molar-refractivity contribution in [2.24, 2.45) is 0 Å². The van der Waals surface area contributed by atoms with Gasteiger partial charge in [0.25, 0.3) is 5.91 Å². The van der Waals surface area contributed by atoms with Crippen molar-refractivity contribution in [2.75, 3.05) is 25.1 Å². The van der Waals surface area contributed by atoms with Crippen molar-refractivity contribution in [2.45, 2.75) is 25.9 Å². The number of carbonyl (C=O) groups is 2. The lowest BCUT2D eigenvalue weighted by Gasteiger charge is -2.31. The molecule has 1 aromatic heterocycles. The summed E-state index contributed by atoms with van der Waals surface area (Å²) in [4.78, 5) is 28.8. The van der Waals surface area contributed by atoms with Gasteiger partial charge < -0.3 is 15.0 Å². The molecule has 1 heterocycles. The van der Waals surface area contributed by atoms with Crippen LogP contribution >= 0.6 is 0 Å². The summed E-state index contributed by atoms with van der Waals surface area (Å²) in [6, 6.07) is 21.1. The lowest BCUT2D eigenvalue weighted by Crippen LogP contribution is -2.43. The molecule has 0 bridgehead atoms. The number of benzene rings is 3. The zero-order chi connectivity index (χ0) is 25.3. The molecule has 1 N–H and O–H groups in total. The van der Waals surface area contributed by atoms with Crippen LogP contribution in [-0.2, 0) is 20.9 Å². The van der Waals surface area contributed by atoms with Gasteiger partial charge in [0.05, 0.1) is 5.52 Å². The number of nitrogens with one attached hydrogen (secondary N) is 1. The van der Waals surface area contributed by atoms with Crippen LogP contribution in [-0.4, -0.2) is 51.5 Å². The highest BCUT2D eigenvalue weighted by atomic mass is 19.1. The van der Waals surface area contributed by atoms with E-state index < -0.39 is 17.8 Å². The Morgan fingerprint density at radius 3 is 2.50 bits per heavy atom. The Balaban J connectivity index is 1.65. The Hall–Kier alpha value is -4.11. The molecule has 0 spiro atoms. The summed E-state index contributed by atoms with van der Waals surface area (Å²) in [6.45, 7) is 3.13. The largest absolute Gasteiger partial charge is 0.382 e. The van der Waals surface area contributed by atoms with Crippen molar-refractivity contribution >= 4 is 28.5 Å². The van der Waals surface area contributed by atoms with Crippen LogP contribution < -0.4 is 5.32 Å². The van der Waals surface area contributed by atoms with Gasteiger partial charge in [0.1, 0.15) is 23.9 Å². The van der Waals surface area contributed by atoms with Gasteiger partial charge in [-0.1, -0.05) is 47.7 Å². The molecule has 0 unspecified atom stereocenters. The minimum atomic E-state index is -0.917. The Morgan fingerprint density at radius 2 is 1.75 bits per heavy atom. The SMILES string of the molecule is CCOCCCN(C(=O)Cn1nnc2ccccc21)[C@H](C(=O)Nc1ccc(F)cc1)c1ccccc1. The number of halogens is 1. The standard InChI is InChI=1S/C27H28FN5O3/c1-2-36-18-8-17-32(25(34)19-33-24-12-7-6-11-23(24)30-31-33)26(20-9-4-3-5-10-20)27(35)29-22-15-13-21(28)14-16-22/h3-7,9-16,26H,2,8,17-19H2,1H3,(H,29,35)/t26-/m0/s1. The minimum absolute atomic E-state index is 0.0810. The highest BCUT2D eigenvalue weighted by Crippen LogP contribution is 2.25. The molecule has 4 aromatic rings. The smallest absolute Gasteiger partial charge is 0.251 e. The minimum Gasteiger partial charge on any atom is -0.382 e. The van der Waals surface area contributed by atoms with Crippen LogP contribution in [0.3, 0.4) is 0 Å². The fourth-order valence-corrected chi connectivity index (χ4v) is 3.98. The first kappa shape index (κ1) is 25.0. The number of para-hydroxylation sites is 1. The molecule has 2 amide bonds. The number of carbonyl (C=O) groups excluding carboxylic acids is 2. The van der Waals surface area contributed by atoms with Crippen molar-refractivity contribution < 1.29 is 18.7 Å². The summed E-state index contributed by atoms with van der Waals surface area (Å²) < 4.78 is 20.4. The third-order valence-electron chi connectivity index (χ3n) is 5.70. The molecular weight excluding hydrogens is 461 g/mol. The van der Waals surface area contributed by atoms with E-state index in [-0.39, 0.29) is 12.5 Å². The average molecular weight is 490 g/mol. The fourth-order valence-electron chi connectivity index (χ4n) is 3.98. The quantitative estimate of drug-likeness (QED) is 0.319. The monoisotopic (exact) mass is 489 g/mol. The number of fused-ring (bicyclic) bond motifs is 1. The lowest BCUT2D eigenvalue weighted by molar-refractivity contribution is -0.139. The molecule has 0 fully saturated rings. The molecule has 0 radical (unpaired) electrons. The fraction of sp³-hybridized carbons (Fsp3) is 0.259. The van der Waals surface area contributed by atoms with Gasteiger partial charge in [-0.05, 0) is 55.3 Å². The van der Waals surface area contributed by atoms with Gasteiger partial charge in [-0.2, -0.15) is 0 Å². The first-order valence-electron chi connectivity index (χ1n) is 11.8. The Kier molecular flexibility index (Phi) is 8.36. The number of hydrogen-bond acceptors (Lipinski definition) is 5. The van der Waals surface area contributed by atoms with E-state index in [0.29, 0.717) is 42.9 Å². The van der Waals surface area contributed by atoms with Crippen LogP contribution in [0, 0.1) is 5.82 Å². The van der Waals surface area contributed by atoms with Crippen molar-refractivity contribution in [3.63, 3.8) is 0 Å². The molecule has 0 aliphatic carbocycles. The summed E-state index contributed by atoms with van der Waals surface area (Å²) >= 11 is 0. The Labute approximate surface area is 208 Å². The van der Waals surface area contributed by atoms with Gasteiger partial charge >= 0.3 is 0 Å². The topological polar surface area (TPSA) is 89.3 Å². The number of nitrogens with zero attached hydrogens (tertiary/aromatic N) is 4. The van der Waals surface area contributed by atoms with E-state index in [0.717, 1.165) is 5.52 Å². The van der Waals surface area contributed by atoms with Crippen LogP contribution in [0.1, 0.15) is 24.9 Å². The predicted molar refractivity (Wildman–Crippen MR) is 135 cm³/mol. The second-order valence-electron chi connectivity index (χ2n) is 8.18. The Bertz CT molecular complexity index is 1290. The molecule has 0 aliphatic rings. The van der Waals surface area contributed by atoms with E-state index in [9.17, 15) is 14.0 Å². The van der Waals surface area contributed by atoms with Gasteiger partial charge in [-0.25, -0.2) is 9.07 Å². The second-order valence-corrected chi connectivity index (χ2v) is 8.18. The maximum atomic E-state index is 13.7. The summed E-state index contributed by atoms with van der Waals surface area (Å²) in [5.41, 5.74) is 2.51. The number of hydrogen-bond donors (Lipinski definition) is 1. The van der Waals surface area contributed by atoms with Gasteiger partial charge in [-0.15, -0.1) is 5.10 Å². The number of rotatable bonds is 11. The van der Waals surface area contributed by atoms with Gasteiger partial charge in [-0.3, -0.25) is 9.59 Å². The van der Waals surface area contributed by atoms with E-state index in [1.165, 1.54) is 28.9 Å². The summed E-state index contributed by atoms with van der Waals surface area (Å²) in [5, 5.41) is 11.1. The number of amides is 2. The van der Waals surface area contributed by atoms with Crippen LogP contribution in [0.4, 0.5) is 10.1 Å². The normalized spacial score (nSPS) is 11.8. The summed E-state index contributed by atoms with van der Waals surface area (Å²) in [5.74, 6) is -1.09. The van der Waals surface area contributed by atoms with Crippen LogP contribution in [0.5, 0.6) is 0 Å². The molecular formula is C27H28FN5O3. The summed E-state index contributed by atoms with van der Waals surface area (Å²) in [6.07, 6.45) is 0.546. The molecule has 3 aromatic carbocycles. The lowest BCUT2D eigenvalue weighted by atomic mass is 10.0. The zero-order valence-electron chi connectivity index (χ0n) is 20.0. The molecule has 186 valence electrons. The maximum absolute atomic E-state index is 13.7. The van der Waals surface area contributed by atoms with Crippen molar-refractivity contribution in [1.29, 1.82) is 0 Å². The molecule has 8 nitrogen and oxygen atoms in total. The molecule has 9 heteroatoms. The number of ether oxygens (including phenoxy) is 1. The molecule has 0 saturated heterocycles. The summed E-state index contributed by atoms with van der Waals surface area (Å²) in [7, 11) is 0.